The first kappa shape index (κ1) is 22.0. The topological polar surface area (TPSA) is 114 Å². The number of nitrogens with one attached hydrogen (secondary N) is 3. The van der Waals surface area contributed by atoms with E-state index in [4.69, 9.17) is 12.2 Å². The smallest absolute Gasteiger partial charge is 0.306 e. The molecule has 0 saturated carbocycles. The molecule has 1 aromatic rings. The van der Waals surface area contributed by atoms with Crippen LogP contribution in [0.1, 0.15) is 33.1 Å². The van der Waals surface area contributed by atoms with Crippen LogP contribution in [-0.4, -0.2) is 38.6 Å². The summed E-state index contributed by atoms with van der Waals surface area (Å²) in [6.45, 7) is 3.68. The van der Waals surface area contributed by atoms with Crippen molar-refractivity contribution in [3.63, 3.8) is 0 Å². The Labute approximate surface area is 158 Å². The second kappa shape index (κ2) is 10.2. The lowest BCUT2D eigenvalue weighted by molar-refractivity contribution is -0.142. The maximum atomic E-state index is 12.2. The first-order valence-electron chi connectivity index (χ1n) is 7.98. The minimum atomic E-state index is -3.58. The Hall–Kier alpha value is -2.04. The monoisotopic (exact) mass is 401 g/mol. The van der Waals surface area contributed by atoms with Crippen molar-refractivity contribution in [2.75, 3.05) is 12.4 Å². The van der Waals surface area contributed by atoms with Gasteiger partial charge in [-0.3, -0.25) is 9.59 Å². The van der Waals surface area contributed by atoms with Gasteiger partial charge in [0.25, 0.3) is 0 Å². The van der Waals surface area contributed by atoms with Gasteiger partial charge in [-0.1, -0.05) is 6.92 Å². The van der Waals surface area contributed by atoms with E-state index in [1.54, 1.807) is 6.92 Å². The number of anilines is 1. The van der Waals surface area contributed by atoms with Gasteiger partial charge in [0.2, 0.25) is 15.9 Å². The third kappa shape index (κ3) is 7.46. The van der Waals surface area contributed by atoms with E-state index in [1.807, 2.05) is 6.92 Å². The second-order valence-electron chi connectivity index (χ2n) is 5.53. The van der Waals surface area contributed by atoms with Crippen LogP contribution in [0.25, 0.3) is 0 Å². The summed E-state index contributed by atoms with van der Waals surface area (Å²) in [7, 11) is -2.33. The number of benzene rings is 1. The van der Waals surface area contributed by atoms with E-state index in [0.29, 0.717) is 12.1 Å². The highest BCUT2D eigenvalue weighted by Gasteiger charge is 2.16. The van der Waals surface area contributed by atoms with Crippen LogP contribution < -0.4 is 15.4 Å². The number of hydrogen-bond donors (Lipinski definition) is 3. The van der Waals surface area contributed by atoms with Crippen molar-refractivity contribution in [3.8, 4) is 0 Å². The number of carbonyl (C=O) groups excluding carboxylic acids is 2. The molecule has 3 N–H and O–H groups in total. The molecule has 0 saturated heterocycles. The summed E-state index contributed by atoms with van der Waals surface area (Å²) >= 11 is 5.01. The van der Waals surface area contributed by atoms with Crippen molar-refractivity contribution in [1.82, 2.24) is 10.0 Å². The molecule has 1 amide bonds. The third-order valence-electron chi connectivity index (χ3n) is 3.43. The van der Waals surface area contributed by atoms with Gasteiger partial charge in [-0.15, -0.1) is 0 Å². The number of rotatable bonds is 8. The van der Waals surface area contributed by atoms with Gasteiger partial charge in [-0.05, 0) is 49.8 Å². The summed E-state index contributed by atoms with van der Waals surface area (Å²) in [6.07, 6.45) is 0.594. The highest BCUT2D eigenvalue weighted by molar-refractivity contribution is 7.89. The average Bonchev–Trinajstić information content (AvgIpc) is 2.59. The minimum Gasteiger partial charge on any atom is -0.469 e. The van der Waals surface area contributed by atoms with Crippen LogP contribution in [-0.2, 0) is 24.3 Å². The van der Waals surface area contributed by atoms with Crippen molar-refractivity contribution in [2.45, 2.75) is 44.0 Å². The van der Waals surface area contributed by atoms with Gasteiger partial charge >= 0.3 is 5.97 Å². The molecule has 1 rings (SSSR count). The van der Waals surface area contributed by atoms with Crippen molar-refractivity contribution in [3.05, 3.63) is 24.3 Å². The molecule has 0 heterocycles. The van der Waals surface area contributed by atoms with E-state index in [-0.39, 0.29) is 28.9 Å². The summed E-state index contributed by atoms with van der Waals surface area (Å²) in [4.78, 5) is 22.8. The largest absolute Gasteiger partial charge is 0.469 e. The lowest BCUT2D eigenvalue weighted by Crippen LogP contribution is -2.34. The molecule has 144 valence electrons. The van der Waals surface area contributed by atoms with Gasteiger partial charge in [-0.2, -0.15) is 0 Å². The highest BCUT2D eigenvalue weighted by Crippen LogP contribution is 2.14. The normalized spacial score (nSPS) is 12.1. The van der Waals surface area contributed by atoms with Crippen LogP contribution in [0.15, 0.2) is 29.2 Å². The predicted molar refractivity (Wildman–Crippen MR) is 102 cm³/mol. The molecule has 1 unspecified atom stereocenters. The molecule has 0 spiro atoms. The molecule has 1 aromatic carbocycles. The molecule has 0 aromatic heterocycles. The Bertz CT molecular complexity index is 748. The molecule has 8 nitrogen and oxygen atoms in total. The standard InChI is InChI=1S/C16H23N3O5S2/c1-4-11(2)19-26(22,23)13-7-5-12(6-8-13)17-16(25)18-14(20)9-10-15(21)24-3/h5-8,11,19H,4,9-10H2,1-3H3,(H2,17,18,20,25). The van der Waals surface area contributed by atoms with Gasteiger partial charge < -0.3 is 15.4 Å². The number of thiocarbonyl (C=S) groups is 1. The van der Waals surface area contributed by atoms with Crippen LogP contribution in [0, 0.1) is 0 Å². The van der Waals surface area contributed by atoms with E-state index >= 15 is 0 Å². The van der Waals surface area contributed by atoms with E-state index in [2.05, 4.69) is 20.1 Å². The fourth-order valence-electron chi connectivity index (χ4n) is 1.80. The van der Waals surface area contributed by atoms with E-state index in [1.165, 1.54) is 31.4 Å². The molecule has 0 fully saturated rings. The molecule has 0 radical (unpaired) electrons. The van der Waals surface area contributed by atoms with Crippen molar-refractivity contribution < 1.29 is 22.7 Å². The zero-order chi connectivity index (χ0) is 19.7. The van der Waals surface area contributed by atoms with E-state index in [0.717, 1.165) is 0 Å². The lowest BCUT2D eigenvalue weighted by Gasteiger charge is -2.13. The fourth-order valence-corrected chi connectivity index (χ4v) is 3.36. The third-order valence-corrected chi connectivity index (χ3v) is 5.24. The van der Waals surface area contributed by atoms with Crippen LogP contribution in [0.4, 0.5) is 5.69 Å². The van der Waals surface area contributed by atoms with Gasteiger partial charge in [0.15, 0.2) is 5.11 Å². The lowest BCUT2D eigenvalue weighted by atomic mass is 10.3. The van der Waals surface area contributed by atoms with Crippen molar-refractivity contribution >= 4 is 44.9 Å². The Morgan fingerprint density at radius 3 is 2.35 bits per heavy atom. The Balaban J connectivity index is 2.60. The van der Waals surface area contributed by atoms with Gasteiger partial charge in [0.05, 0.1) is 18.4 Å². The zero-order valence-corrected chi connectivity index (χ0v) is 16.5. The molecule has 10 heteroatoms. The SMILES string of the molecule is CCC(C)NS(=O)(=O)c1ccc(NC(=S)NC(=O)CCC(=O)OC)cc1. The maximum absolute atomic E-state index is 12.2. The van der Waals surface area contributed by atoms with Crippen molar-refractivity contribution in [2.24, 2.45) is 0 Å². The van der Waals surface area contributed by atoms with Gasteiger partial charge in [0, 0.05) is 18.2 Å². The van der Waals surface area contributed by atoms with Gasteiger partial charge in [-0.25, -0.2) is 13.1 Å². The summed E-state index contributed by atoms with van der Waals surface area (Å²) in [5.74, 6) is -0.910. The summed E-state index contributed by atoms with van der Waals surface area (Å²) in [5, 5.41) is 5.25. The summed E-state index contributed by atoms with van der Waals surface area (Å²) < 4.78 is 31.4. The summed E-state index contributed by atoms with van der Waals surface area (Å²) in [6, 6.07) is 5.80. The first-order valence-corrected chi connectivity index (χ1v) is 9.87. The molecular formula is C16H23N3O5S2. The molecule has 0 bridgehead atoms. The Morgan fingerprint density at radius 2 is 1.81 bits per heavy atom. The van der Waals surface area contributed by atoms with Crippen LogP contribution >= 0.6 is 12.2 Å². The Kier molecular flexibility index (Phi) is 8.62. The molecule has 0 aliphatic carbocycles. The first-order chi connectivity index (χ1) is 12.2. The molecule has 0 aliphatic heterocycles. The highest BCUT2D eigenvalue weighted by atomic mass is 32.2. The van der Waals surface area contributed by atoms with Crippen LogP contribution in [0.2, 0.25) is 0 Å². The number of hydrogen-bond acceptors (Lipinski definition) is 6. The number of methoxy groups -OCH3 is 1. The average molecular weight is 402 g/mol. The van der Waals surface area contributed by atoms with Crippen LogP contribution in [0.5, 0.6) is 0 Å². The summed E-state index contributed by atoms with van der Waals surface area (Å²) in [5.41, 5.74) is 0.519. The zero-order valence-electron chi connectivity index (χ0n) is 14.9. The molecular weight excluding hydrogens is 378 g/mol. The number of sulfonamides is 1. The van der Waals surface area contributed by atoms with Crippen LogP contribution in [0.3, 0.4) is 0 Å². The second-order valence-corrected chi connectivity index (χ2v) is 7.66. The molecule has 1 atom stereocenters. The van der Waals surface area contributed by atoms with Crippen molar-refractivity contribution in [1.29, 1.82) is 0 Å². The van der Waals surface area contributed by atoms with E-state index in [9.17, 15) is 18.0 Å². The fraction of sp³-hybridized carbons (Fsp3) is 0.438. The number of carbonyl (C=O) groups is 2. The number of esters is 1. The quantitative estimate of drug-likeness (QED) is 0.447. The minimum absolute atomic E-state index is 0.0410. The maximum Gasteiger partial charge on any atom is 0.306 e. The van der Waals surface area contributed by atoms with Gasteiger partial charge in [0.1, 0.15) is 0 Å². The Morgan fingerprint density at radius 1 is 1.19 bits per heavy atom. The number of amides is 1. The van der Waals surface area contributed by atoms with E-state index < -0.39 is 21.9 Å². The number of ether oxygens (including phenoxy) is 1. The predicted octanol–water partition coefficient (Wildman–Crippen LogP) is 1.53. The molecule has 0 aliphatic rings. The molecule has 26 heavy (non-hydrogen) atoms.